The molecule has 1 atom stereocenters. The van der Waals surface area contributed by atoms with Crippen molar-refractivity contribution in [1.82, 2.24) is 0 Å². The highest BCUT2D eigenvalue weighted by Gasteiger charge is 2.20. The van der Waals surface area contributed by atoms with Gasteiger partial charge >= 0.3 is 0 Å². The molecule has 0 saturated heterocycles. The van der Waals surface area contributed by atoms with E-state index in [4.69, 9.17) is 4.74 Å². The van der Waals surface area contributed by atoms with Crippen LogP contribution in [0.4, 0.5) is 0 Å². The lowest BCUT2D eigenvalue weighted by Gasteiger charge is -2.10. The molecular formula is C18H20O2. The first-order chi connectivity index (χ1) is 9.61. The van der Waals surface area contributed by atoms with Crippen molar-refractivity contribution in [1.29, 1.82) is 0 Å². The highest BCUT2D eigenvalue weighted by Crippen LogP contribution is 2.33. The van der Waals surface area contributed by atoms with Gasteiger partial charge in [0.2, 0.25) is 0 Å². The number of aliphatic hydroxyl groups excluding tert-OH is 1. The zero-order valence-electron chi connectivity index (χ0n) is 12.0. The normalized spacial score (nSPS) is 17.1. The van der Waals surface area contributed by atoms with E-state index in [9.17, 15) is 5.11 Å². The molecule has 3 rings (SSSR count). The van der Waals surface area contributed by atoms with Crippen molar-refractivity contribution >= 4 is 0 Å². The number of rotatable bonds is 3. The SMILES string of the molecule is Cc1cc(C)cc(COc2ccc3c(c2)CC[C@H]3O)c1. The number of hydrogen-bond donors (Lipinski definition) is 1. The number of benzene rings is 2. The minimum Gasteiger partial charge on any atom is -0.489 e. The molecule has 0 saturated carbocycles. The molecule has 1 aliphatic carbocycles. The first-order valence-electron chi connectivity index (χ1n) is 7.13. The van der Waals surface area contributed by atoms with Gasteiger partial charge in [-0.1, -0.05) is 35.4 Å². The van der Waals surface area contributed by atoms with Crippen LogP contribution >= 0.6 is 0 Å². The van der Waals surface area contributed by atoms with Crippen molar-refractivity contribution in [2.24, 2.45) is 0 Å². The largest absolute Gasteiger partial charge is 0.489 e. The fraction of sp³-hybridized carbons (Fsp3) is 0.333. The summed E-state index contributed by atoms with van der Waals surface area (Å²) in [4.78, 5) is 0. The second kappa shape index (κ2) is 5.29. The Labute approximate surface area is 120 Å². The van der Waals surface area contributed by atoms with Gasteiger partial charge in [0.25, 0.3) is 0 Å². The molecule has 0 heterocycles. The van der Waals surface area contributed by atoms with Crippen LogP contribution in [0.2, 0.25) is 0 Å². The predicted molar refractivity (Wildman–Crippen MR) is 80.0 cm³/mol. The summed E-state index contributed by atoms with van der Waals surface area (Å²) in [7, 11) is 0. The Morgan fingerprint density at radius 2 is 1.85 bits per heavy atom. The smallest absolute Gasteiger partial charge is 0.120 e. The van der Waals surface area contributed by atoms with E-state index in [1.54, 1.807) is 0 Å². The van der Waals surface area contributed by atoms with Crippen LogP contribution in [-0.4, -0.2) is 5.11 Å². The fourth-order valence-corrected chi connectivity index (χ4v) is 2.98. The number of aliphatic hydroxyl groups is 1. The van der Waals surface area contributed by atoms with E-state index >= 15 is 0 Å². The molecule has 0 amide bonds. The summed E-state index contributed by atoms with van der Waals surface area (Å²) >= 11 is 0. The van der Waals surface area contributed by atoms with Crippen molar-refractivity contribution in [2.45, 2.75) is 39.4 Å². The minimum absolute atomic E-state index is 0.293. The second-order valence-corrected chi connectivity index (χ2v) is 5.70. The number of hydrogen-bond acceptors (Lipinski definition) is 2. The first-order valence-corrected chi connectivity index (χ1v) is 7.13. The standard InChI is InChI=1S/C18H20O2/c1-12-7-13(2)9-14(8-12)11-20-16-4-5-17-15(10-16)3-6-18(17)19/h4-5,7-10,18-19H,3,6,11H2,1-2H3/t18-/m1/s1. The van der Waals surface area contributed by atoms with Crippen molar-refractivity contribution in [3.05, 3.63) is 64.2 Å². The van der Waals surface area contributed by atoms with Crippen LogP contribution in [0, 0.1) is 13.8 Å². The van der Waals surface area contributed by atoms with E-state index in [1.165, 1.54) is 22.3 Å². The molecule has 1 N–H and O–H groups in total. The van der Waals surface area contributed by atoms with Crippen LogP contribution in [0.3, 0.4) is 0 Å². The lowest BCUT2D eigenvalue weighted by molar-refractivity contribution is 0.180. The minimum atomic E-state index is -0.293. The van der Waals surface area contributed by atoms with Crippen molar-refractivity contribution < 1.29 is 9.84 Å². The molecule has 0 aliphatic heterocycles. The zero-order valence-corrected chi connectivity index (χ0v) is 12.0. The van der Waals surface area contributed by atoms with E-state index in [2.05, 4.69) is 38.1 Å². The summed E-state index contributed by atoms with van der Waals surface area (Å²) in [6.45, 7) is 4.80. The molecule has 1 aliphatic rings. The van der Waals surface area contributed by atoms with Crippen LogP contribution < -0.4 is 4.74 Å². The number of ether oxygens (including phenoxy) is 1. The third-order valence-corrected chi connectivity index (χ3v) is 3.85. The van der Waals surface area contributed by atoms with Crippen LogP contribution in [0.15, 0.2) is 36.4 Å². The second-order valence-electron chi connectivity index (χ2n) is 5.70. The van der Waals surface area contributed by atoms with Crippen LogP contribution in [0.1, 0.15) is 40.3 Å². The van der Waals surface area contributed by atoms with Gasteiger partial charge in [-0.2, -0.15) is 0 Å². The molecule has 0 unspecified atom stereocenters. The number of aryl methyl sites for hydroxylation is 3. The average Bonchev–Trinajstić information content (AvgIpc) is 2.77. The van der Waals surface area contributed by atoms with Crippen LogP contribution in [-0.2, 0) is 13.0 Å². The maximum atomic E-state index is 9.80. The van der Waals surface area contributed by atoms with Gasteiger partial charge in [-0.25, -0.2) is 0 Å². The molecule has 0 spiro atoms. The highest BCUT2D eigenvalue weighted by molar-refractivity contribution is 5.40. The summed E-state index contributed by atoms with van der Waals surface area (Å²) in [5.41, 5.74) is 6.00. The first kappa shape index (κ1) is 13.2. The third kappa shape index (κ3) is 2.70. The molecule has 104 valence electrons. The topological polar surface area (TPSA) is 29.5 Å². The monoisotopic (exact) mass is 268 g/mol. The molecule has 0 radical (unpaired) electrons. The molecule has 0 aromatic heterocycles. The summed E-state index contributed by atoms with van der Waals surface area (Å²) in [5, 5.41) is 9.80. The molecule has 20 heavy (non-hydrogen) atoms. The maximum absolute atomic E-state index is 9.80. The predicted octanol–water partition coefficient (Wildman–Crippen LogP) is 3.86. The Morgan fingerprint density at radius 3 is 2.60 bits per heavy atom. The quantitative estimate of drug-likeness (QED) is 0.916. The summed E-state index contributed by atoms with van der Waals surface area (Å²) in [5.74, 6) is 0.886. The van der Waals surface area contributed by atoms with Gasteiger partial charge in [0, 0.05) is 0 Å². The van der Waals surface area contributed by atoms with Gasteiger partial charge in [-0.05, 0) is 55.5 Å². The molecular weight excluding hydrogens is 248 g/mol. The Morgan fingerprint density at radius 1 is 1.10 bits per heavy atom. The van der Waals surface area contributed by atoms with E-state index in [1.807, 2.05) is 12.1 Å². The van der Waals surface area contributed by atoms with Crippen molar-refractivity contribution in [3.63, 3.8) is 0 Å². The average molecular weight is 268 g/mol. The molecule has 0 fully saturated rings. The molecule has 0 bridgehead atoms. The lowest BCUT2D eigenvalue weighted by atomic mass is 10.1. The van der Waals surface area contributed by atoms with Gasteiger partial charge < -0.3 is 9.84 Å². The molecule has 2 aromatic rings. The summed E-state index contributed by atoms with van der Waals surface area (Å²) in [6.07, 6.45) is 1.48. The van der Waals surface area contributed by atoms with Gasteiger partial charge in [0.05, 0.1) is 6.10 Å². The lowest BCUT2D eigenvalue weighted by Crippen LogP contribution is -1.98. The van der Waals surface area contributed by atoms with Gasteiger partial charge in [-0.15, -0.1) is 0 Å². The van der Waals surface area contributed by atoms with Crippen LogP contribution in [0.25, 0.3) is 0 Å². The van der Waals surface area contributed by atoms with E-state index in [0.717, 1.165) is 24.2 Å². The van der Waals surface area contributed by atoms with E-state index in [-0.39, 0.29) is 6.10 Å². The third-order valence-electron chi connectivity index (χ3n) is 3.85. The maximum Gasteiger partial charge on any atom is 0.120 e. The van der Waals surface area contributed by atoms with Gasteiger partial charge in [-0.3, -0.25) is 0 Å². The van der Waals surface area contributed by atoms with E-state index < -0.39 is 0 Å². The Bertz CT molecular complexity index is 611. The molecule has 2 heteroatoms. The number of fused-ring (bicyclic) bond motifs is 1. The zero-order chi connectivity index (χ0) is 14.1. The van der Waals surface area contributed by atoms with Crippen molar-refractivity contribution in [3.8, 4) is 5.75 Å². The van der Waals surface area contributed by atoms with Gasteiger partial charge in [0.1, 0.15) is 12.4 Å². The van der Waals surface area contributed by atoms with Crippen LogP contribution in [0.5, 0.6) is 5.75 Å². The fourth-order valence-electron chi connectivity index (χ4n) is 2.98. The Balaban J connectivity index is 1.72. The van der Waals surface area contributed by atoms with Gasteiger partial charge in [0.15, 0.2) is 0 Å². The highest BCUT2D eigenvalue weighted by atomic mass is 16.5. The summed E-state index contributed by atoms with van der Waals surface area (Å²) in [6, 6.07) is 12.5. The van der Waals surface area contributed by atoms with E-state index in [0.29, 0.717) is 6.61 Å². The molecule has 2 aromatic carbocycles. The van der Waals surface area contributed by atoms with Crippen molar-refractivity contribution in [2.75, 3.05) is 0 Å². The molecule has 2 nitrogen and oxygen atoms in total. The Hall–Kier alpha value is -1.80. The Kier molecular flexibility index (Phi) is 3.49. The summed E-state index contributed by atoms with van der Waals surface area (Å²) < 4.78 is 5.88.